The Kier molecular flexibility index (Phi) is 6.43. The Morgan fingerprint density at radius 2 is 1.72 bits per heavy atom. The summed E-state index contributed by atoms with van der Waals surface area (Å²) in [6.07, 6.45) is 1.42. The van der Waals surface area contributed by atoms with Crippen LogP contribution in [0.5, 0.6) is 0 Å². The van der Waals surface area contributed by atoms with Gasteiger partial charge in [-0.05, 0) is 61.7 Å². The van der Waals surface area contributed by atoms with Gasteiger partial charge in [-0.3, -0.25) is 4.79 Å². The minimum Gasteiger partial charge on any atom is -0.371 e. The zero-order valence-electron chi connectivity index (χ0n) is 17.6. The number of aryl methyl sites for hydroxylation is 1. The Morgan fingerprint density at radius 1 is 1.07 bits per heavy atom. The Morgan fingerprint density at radius 3 is 2.28 bits per heavy atom. The molecule has 0 aromatic heterocycles. The van der Waals surface area contributed by atoms with Gasteiger partial charge in [-0.2, -0.15) is 5.26 Å². The summed E-state index contributed by atoms with van der Waals surface area (Å²) in [6.45, 7) is 9.36. The Labute approximate surface area is 173 Å². The van der Waals surface area contributed by atoms with E-state index in [-0.39, 0.29) is 5.91 Å². The fourth-order valence-electron chi connectivity index (χ4n) is 3.98. The van der Waals surface area contributed by atoms with Crippen molar-refractivity contribution in [1.29, 1.82) is 5.26 Å². The fourth-order valence-corrected chi connectivity index (χ4v) is 3.98. The second-order valence-electron chi connectivity index (χ2n) is 7.72. The van der Waals surface area contributed by atoms with Crippen LogP contribution in [0.2, 0.25) is 0 Å². The van der Waals surface area contributed by atoms with Gasteiger partial charge in [0.2, 0.25) is 5.91 Å². The molecular weight excluding hydrogens is 360 g/mol. The molecule has 1 saturated heterocycles. The normalized spacial score (nSPS) is 14.4. The van der Waals surface area contributed by atoms with Crippen molar-refractivity contribution < 1.29 is 4.79 Å². The van der Waals surface area contributed by atoms with Crippen molar-refractivity contribution >= 4 is 17.3 Å². The average molecular weight is 391 g/mol. The lowest BCUT2D eigenvalue weighted by Crippen LogP contribution is -2.58. The first-order valence-electron chi connectivity index (χ1n) is 10.4. The van der Waals surface area contributed by atoms with Crippen molar-refractivity contribution in [3.63, 3.8) is 0 Å². The molecule has 0 aliphatic carbocycles. The number of anilines is 2. The number of benzene rings is 2. The van der Waals surface area contributed by atoms with Crippen LogP contribution in [-0.2, 0) is 4.79 Å². The van der Waals surface area contributed by atoms with Crippen molar-refractivity contribution in [1.82, 2.24) is 4.90 Å². The van der Waals surface area contributed by atoms with E-state index < -0.39 is 5.54 Å². The van der Waals surface area contributed by atoms with Crippen LogP contribution in [0, 0.1) is 18.3 Å². The largest absolute Gasteiger partial charge is 0.371 e. The molecule has 2 aromatic carbocycles. The number of nitrogens with one attached hydrogen (secondary N) is 1. The molecule has 0 saturated carbocycles. The summed E-state index contributed by atoms with van der Waals surface area (Å²) in [4.78, 5) is 17.8. The van der Waals surface area contributed by atoms with E-state index in [1.165, 1.54) is 11.3 Å². The first kappa shape index (κ1) is 20.7. The predicted octanol–water partition coefficient (Wildman–Crippen LogP) is 4.19. The summed E-state index contributed by atoms with van der Waals surface area (Å²) in [5.41, 5.74) is 3.35. The lowest BCUT2D eigenvalue weighted by Gasteiger charge is -2.42. The van der Waals surface area contributed by atoms with Gasteiger partial charge >= 0.3 is 0 Å². The maximum absolute atomic E-state index is 13.5. The molecule has 0 radical (unpaired) electrons. The van der Waals surface area contributed by atoms with Gasteiger partial charge in [-0.15, -0.1) is 0 Å². The number of hydrogen-bond acceptors (Lipinski definition) is 4. The molecule has 152 valence electrons. The first-order chi connectivity index (χ1) is 14.0. The molecule has 5 nitrogen and oxygen atoms in total. The zero-order valence-corrected chi connectivity index (χ0v) is 17.6. The van der Waals surface area contributed by atoms with E-state index >= 15 is 0 Å². The number of nitrogens with zero attached hydrogens (tertiary/aromatic N) is 3. The molecule has 0 atom stereocenters. The second kappa shape index (κ2) is 9.00. The van der Waals surface area contributed by atoms with Gasteiger partial charge in [0.05, 0.1) is 11.6 Å². The molecule has 3 rings (SSSR count). The third-order valence-corrected chi connectivity index (χ3v) is 5.95. The topological polar surface area (TPSA) is 59.4 Å². The van der Waals surface area contributed by atoms with E-state index in [4.69, 9.17) is 5.26 Å². The van der Waals surface area contributed by atoms with Crippen LogP contribution < -0.4 is 10.2 Å². The van der Waals surface area contributed by atoms with Crippen LogP contribution >= 0.6 is 0 Å². The highest BCUT2D eigenvalue weighted by Crippen LogP contribution is 2.27. The lowest BCUT2D eigenvalue weighted by atomic mass is 9.90. The SMILES string of the molecule is CCC(CC)(Nc1ccc(C#N)cc1)C(=O)N1CCN(c2cccc(C)c2)CC1. The molecule has 0 unspecified atom stereocenters. The summed E-state index contributed by atoms with van der Waals surface area (Å²) in [5, 5.41) is 12.5. The molecule has 0 bridgehead atoms. The minimum absolute atomic E-state index is 0.163. The molecular formula is C24H30N4O. The number of piperazine rings is 1. The summed E-state index contributed by atoms with van der Waals surface area (Å²) in [6, 6.07) is 18.0. The molecule has 1 aliphatic rings. The molecule has 1 N–H and O–H groups in total. The molecule has 29 heavy (non-hydrogen) atoms. The second-order valence-corrected chi connectivity index (χ2v) is 7.72. The van der Waals surface area contributed by atoms with Crippen LogP contribution in [0.25, 0.3) is 0 Å². The first-order valence-corrected chi connectivity index (χ1v) is 10.4. The van der Waals surface area contributed by atoms with Crippen LogP contribution in [0.15, 0.2) is 48.5 Å². The van der Waals surface area contributed by atoms with Crippen molar-refractivity contribution in [2.75, 3.05) is 36.4 Å². The number of carbonyl (C=O) groups is 1. The quantitative estimate of drug-likeness (QED) is 0.804. The van der Waals surface area contributed by atoms with Gasteiger partial charge in [0.1, 0.15) is 5.54 Å². The van der Waals surface area contributed by atoms with E-state index in [0.29, 0.717) is 18.4 Å². The average Bonchev–Trinajstić information content (AvgIpc) is 2.77. The van der Waals surface area contributed by atoms with E-state index in [1.54, 1.807) is 12.1 Å². The number of hydrogen-bond donors (Lipinski definition) is 1. The number of nitriles is 1. The van der Waals surface area contributed by atoms with Gasteiger partial charge < -0.3 is 15.1 Å². The fraction of sp³-hybridized carbons (Fsp3) is 0.417. The smallest absolute Gasteiger partial charge is 0.248 e. The Bertz CT molecular complexity index is 872. The predicted molar refractivity (Wildman–Crippen MR) is 118 cm³/mol. The Hall–Kier alpha value is -3.00. The van der Waals surface area contributed by atoms with Gasteiger partial charge in [0, 0.05) is 37.6 Å². The van der Waals surface area contributed by atoms with Gasteiger partial charge in [0.15, 0.2) is 0 Å². The monoisotopic (exact) mass is 390 g/mol. The van der Waals surface area contributed by atoms with Crippen molar-refractivity contribution in [3.05, 3.63) is 59.7 Å². The number of amides is 1. The molecule has 5 heteroatoms. The highest BCUT2D eigenvalue weighted by atomic mass is 16.2. The minimum atomic E-state index is -0.625. The number of carbonyl (C=O) groups excluding carboxylic acids is 1. The lowest BCUT2D eigenvalue weighted by molar-refractivity contribution is -0.136. The molecule has 1 fully saturated rings. The van der Waals surface area contributed by atoms with Crippen LogP contribution in [0.4, 0.5) is 11.4 Å². The van der Waals surface area contributed by atoms with Crippen molar-refractivity contribution in [2.45, 2.75) is 39.2 Å². The molecule has 0 spiro atoms. The van der Waals surface area contributed by atoms with E-state index in [9.17, 15) is 4.79 Å². The molecule has 1 amide bonds. The summed E-state index contributed by atoms with van der Waals surface area (Å²) < 4.78 is 0. The number of rotatable bonds is 6. The molecule has 1 heterocycles. The van der Waals surface area contributed by atoms with Gasteiger partial charge in [-0.25, -0.2) is 0 Å². The summed E-state index contributed by atoms with van der Waals surface area (Å²) in [7, 11) is 0. The third kappa shape index (κ3) is 4.54. The van der Waals surface area contributed by atoms with Crippen LogP contribution in [-0.4, -0.2) is 42.5 Å². The van der Waals surface area contributed by atoms with E-state index in [2.05, 4.69) is 61.3 Å². The summed E-state index contributed by atoms with van der Waals surface area (Å²) >= 11 is 0. The van der Waals surface area contributed by atoms with Crippen molar-refractivity contribution in [3.8, 4) is 6.07 Å². The third-order valence-electron chi connectivity index (χ3n) is 5.95. The maximum atomic E-state index is 13.5. The van der Waals surface area contributed by atoms with E-state index in [1.807, 2.05) is 17.0 Å². The highest BCUT2D eigenvalue weighted by molar-refractivity contribution is 5.89. The van der Waals surface area contributed by atoms with Gasteiger partial charge in [0.25, 0.3) is 0 Å². The standard InChI is InChI=1S/C24H30N4O/c1-4-24(5-2,26-21-11-9-20(18-25)10-12-21)23(29)28-15-13-27(14-16-28)22-8-6-7-19(3)17-22/h6-12,17,26H,4-5,13-16H2,1-3H3. The van der Waals surface area contributed by atoms with Gasteiger partial charge in [-0.1, -0.05) is 26.0 Å². The molecule has 1 aliphatic heterocycles. The zero-order chi connectivity index (χ0) is 20.9. The van der Waals surface area contributed by atoms with Crippen molar-refractivity contribution in [2.24, 2.45) is 0 Å². The highest BCUT2D eigenvalue weighted by Gasteiger charge is 2.39. The molecule has 2 aromatic rings. The van der Waals surface area contributed by atoms with Crippen LogP contribution in [0.3, 0.4) is 0 Å². The maximum Gasteiger partial charge on any atom is 0.248 e. The Balaban J connectivity index is 1.70. The summed E-state index contributed by atoms with van der Waals surface area (Å²) in [5.74, 6) is 0.163. The van der Waals surface area contributed by atoms with Crippen LogP contribution in [0.1, 0.15) is 37.8 Å². The van der Waals surface area contributed by atoms with E-state index in [0.717, 1.165) is 31.9 Å².